The van der Waals surface area contributed by atoms with Gasteiger partial charge in [-0.25, -0.2) is 4.98 Å². The molecule has 5 heteroatoms. The highest BCUT2D eigenvalue weighted by Gasteiger charge is 2.23. The van der Waals surface area contributed by atoms with E-state index in [1.54, 1.807) is 36.5 Å². The zero-order valence-electron chi connectivity index (χ0n) is 13.1. The largest absolute Gasteiger partial charge is 0.484 e. The minimum atomic E-state index is 0.0446. The van der Waals surface area contributed by atoms with E-state index >= 15 is 0 Å². The summed E-state index contributed by atoms with van der Waals surface area (Å²) >= 11 is 0. The molecular weight excluding hydrogens is 292 g/mol. The van der Waals surface area contributed by atoms with Gasteiger partial charge < -0.3 is 14.4 Å². The maximum absolute atomic E-state index is 12.0. The number of nitrogens with zero attached hydrogens (tertiary/aromatic N) is 2. The Hall–Kier alpha value is -2.56. The zero-order valence-corrected chi connectivity index (χ0v) is 13.1. The number of aromatic nitrogens is 1. The van der Waals surface area contributed by atoms with E-state index in [4.69, 9.17) is 9.47 Å². The van der Waals surface area contributed by atoms with Crippen molar-refractivity contribution in [2.45, 2.75) is 13.3 Å². The van der Waals surface area contributed by atoms with Crippen LogP contribution in [0.15, 0.2) is 48.7 Å². The molecule has 0 N–H and O–H groups in total. The number of amides is 1. The van der Waals surface area contributed by atoms with Gasteiger partial charge in [0.25, 0.3) is 5.91 Å². The minimum Gasteiger partial charge on any atom is -0.484 e. The monoisotopic (exact) mass is 312 g/mol. The lowest BCUT2D eigenvalue weighted by molar-refractivity contribution is -0.132. The van der Waals surface area contributed by atoms with Crippen LogP contribution in [0.1, 0.15) is 13.3 Å². The zero-order chi connectivity index (χ0) is 16.1. The maximum atomic E-state index is 12.0. The fourth-order valence-electron chi connectivity index (χ4n) is 2.53. The third-order valence-electron chi connectivity index (χ3n) is 3.82. The highest BCUT2D eigenvalue weighted by molar-refractivity contribution is 5.78. The van der Waals surface area contributed by atoms with Crippen LogP contribution in [0.2, 0.25) is 0 Å². The molecule has 2 aromatic rings. The van der Waals surface area contributed by atoms with Crippen LogP contribution in [0.25, 0.3) is 0 Å². The normalized spacial score (nSPS) is 17.1. The van der Waals surface area contributed by atoms with Crippen molar-refractivity contribution in [1.82, 2.24) is 9.88 Å². The number of pyridine rings is 1. The molecule has 1 aromatic heterocycles. The molecule has 2 heterocycles. The van der Waals surface area contributed by atoms with E-state index in [1.165, 1.54) is 0 Å². The first-order valence-corrected chi connectivity index (χ1v) is 7.80. The number of hydrogen-bond acceptors (Lipinski definition) is 4. The number of carbonyl (C=O) groups is 1. The molecule has 0 aliphatic carbocycles. The molecule has 23 heavy (non-hydrogen) atoms. The van der Waals surface area contributed by atoms with Crippen LogP contribution in [-0.4, -0.2) is 35.5 Å². The van der Waals surface area contributed by atoms with Crippen molar-refractivity contribution < 1.29 is 14.3 Å². The first kappa shape index (κ1) is 15.3. The first-order chi connectivity index (χ1) is 11.2. The Labute approximate surface area is 135 Å². The van der Waals surface area contributed by atoms with Crippen LogP contribution in [0.4, 0.5) is 0 Å². The smallest absolute Gasteiger partial charge is 0.260 e. The molecule has 1 aromatic carbocycles. The molecule has 5 nitrogen and oxygen atoms in total. The van der Waals surface area contributed by atoms with E-state index < -0.39 is 0 Å². The molecular formula is C18H20N2O3. The molecule has 0 spiro atoms. The molecule has 1 aliphatic rings. The number of hydrogen-bond donors (Lipinski definition) is 0. The Kier molecular flexibility index (Phi) is 4.76. The first-order valence-electron chi connectivity index (χ1n) is 7.80. The molecule has 1 aliphatic heterocycles. The van der Waals surface area contributed by atoms with Crippen molar-refractivity contribution in [2.75, 3.05) is 19.7 Å². The summed E-state index contributed by atoms with van der Waals surface area (Å²) in [7, 11) is 0. The summed E-state index contributed by atoms with van der Waals surface area (Å²) in [6, 6.07) is 12.7. The maximum Gasteiger partial charge on any atom is 0.260 e. The third-order valence-corrected chi connectivity index (χ3v) is 3.82. The van der Waals surface area contributed by atoms with E-state index in [-0.39, 0.29) is 12.5 Å². The topological polar surface area (TPSA) is 51.7 Å². The van der Waals surface area contributed by atoms with Crippen molar-refractivity contribution in [3.8, 4) is 17.4 Å². The number of carbonyl (C=O) groups excluding carboxylic acids is 1. The van der Waals surface area contributed by atoms with Crippen molar-refractivity contribution >= 4 is 5.91 Å². The lowest BCUT2D eigenvalue weighted by atomic mass is 10.2. The van der Waals surface area contributed by atoms with Crippen molar-refractivity contribution in [1.29, 1.82) is 0 Å². The van der Waals surface area contributed by atoms with Gasteiger partial charge in [-0.2, -0.15) is 0 Å². The minimum absolute atomic E-state index is 0.0446. The van der Waals surface area contributed by atoms with Crippen LogP contribution in [0, 0.1) is 5.92 Å². The molecule has 0 saturated carbocycles. The predicted molar refractivity (Wildman–Crippen MR) is 86.6 cm³/mol. The van der Waals surface area contributed by atoms with Crippen LogP contribution in [-0.2, 0) is 4.79 Å². The van der Waals surface area contributed by atoms with Gasteiger partial charge in [0.05, 0.1) is 0 Å². The van der Waals surface area contributed by atoms with Gasteiger partial charge in [-0.05, 0) is 42.7 Å². The highest BCUT2D eigenvalue weighted by Crippen LogP contribution is 2.22. The Balaban J connectivity index is 1.50. The standard InChI is InChI=1S/C18H20N2O3/c1-14-9-11-20(12-14)18(21)13-22-15-5-7-16(8-6-15)23-17-4-2-3-10-19-17/h2-8,10,14H,9,11-13H2,1H3. The molecule has 0 radical (unpaired) electrons. The average molecular weight is 312 g/mol. The average Bonchev–Trinajstić information content (AvgIpc) is 3.01. The molecule has 1 amide bonds. The summed E-state index contributed by atoms with van der Waals surface area (Å²) in [5.41, 5.74) is 0. The molecule has 1 fully saturated rings. The second-order valence-electron chi connectivity index (χ2n) is 5.76. The number of rotatable bonds is 5. The van der Waals surface area contributed by atoms with E-state index in [0.717, 1.165) is 19.5 Å². The van der Waals surface area contributed by atoms with Gasteiger partial charge in [0, 0.05) is 25.4 Å². The van der Waals surface area contributed by atoms with Crippen molar-refractivity contribution in [3.63, 3.8) is 0 Å². The quantitative estimate of drug-likeness (QED) is 0.851. The molecule has 1 saturated heterocycles. The van der Waals surface area contributed by atoms with E-state index in [0.29, 0.717) is 23.3 Å². The summed E-state index contributed by atoms with van der Waals surface area (Å²) in [5, 5.41) is 0. The summed E-state index contributed by atoms with van der Waals surface area (Å²) in [6.07, 6.45) is 2.75. The number of likely N-dealkylation sites (tertiary alicyclic amines) is 1. The van der Waals surface area contributed by atoms with Gasteiger partial charge in [0.2, 0.25) is 5.88 Å². The van der Waals surface area contributed by atoms with E-state index in [1.807, 2.05) is 17.0 Å². The molecule has 1 atom stereocenters. The molecule has 0 bridgehead atoms. The van der Waals surface area contributed by atoms with Gasteiger partial charge in [0.1, 0.15) is 11.5 Å². The predicted octanol–water partition coefficient (Wildman–Crippen LogP) is 3.12. The second-order valence-corrected chi connectivity index (χ2v) is 5.76. The van der Waals surface area contributed by atoms with Crippen molar-refractivity contribution in [2.24, 2.45) is 5.92 Å². The lowest BCUT2D eigenvalue weighted by Gasteiger charge is -2.16. The lowest BCUT2D eigenvalue weighted by Crippen LogP contribution is -2.32. The Morgan fingerprint density at radius 3 is 2.65 bits per heavy atom. The molecule has 3 rings (SSSR count). The number of ether oxygens (including phenoxy) is 2. The van der Waals surface area contributed by atoms with Gasteiger partial charge >= 0.3 is 0 Å². The number of benzene rings is 1. The SMILES string of the molecule is CC1CCN(C(=O)COc2ccc(Oc3ccccn3)cc2)C1. The van der Waals surface area contributed by atoms with E-state index in [2.05, 4.69) is 11.9 Å². The van der Waals surface area contributed by atoms with Gasteiger partial charge in [-0.15, -0.1) is 0 Å². The Bertz CT molecular complexity index is 643. The fraction of sp³-hybridized carbons (Fsp3) is 0.333. The van der Waals surface area contributed by atoms with E-state index in [9.17, 15) is 4.79 Å². The second kappa shape index (κ2) is 7.13. The van der Waals surface area contributed by atoms with Crippen LogP contribution in [0.3, 0.4) is 0 Å². The Morgan fingerprint density at radius 2 is 2.00 bits per heavy atom. The van der Waals surface area contributed by atoms with Crippen LogP contribution >= 0.6 is 0 Å². The summed E-state index contributed by atoms with van der Waals surface area (Å²) in [4.78, 5) is 18.0. The highest BCUT2D eigenvalue weighted by atomic mass is 16.5. The van der Waals surface area contributed by atoms with Crippen molar-refractivity contribution in [3.05, 3.63) is 48.7 Å². The Morgan fingerprint density at radius 1 is 1.22 bits per heavy atom. The van der Waals surface area contributed by atoms with Crippen LogP contribution in [0.5, 0.6) is 17.4 Å². The van der Waals surface area contributed by atoms with Gasteiger partial charge in [-0.3, -0.25) is 4.79 Å². The summed E-state index contributed by atoms with van der Waals surface area (Å²) in [5.74, 6) is 2.50. The summed E-state index contributed by atoms with van der Waals surface area (Å²) < 4.78 is 11.2. The van der Waals surface area contributed by atoms with Gasteiger partial charge in [0.15, 0.2) is 6.61 Å². The molecule has 120 valence electrons. The summed E-state index contributed by atoms with van der Waals surface area (Å²) in [6.45, 7) is 3.90. The third kappa shape index (κ3) is 4.22. The fourth-order valence-corrected chi connectivity index (χ4v) is 2.53. The molecule has 1 unspecified atom stereocenters. The van der Waals surface area contributed by atoms with Gasteiger partial charge in [-0.1, -0.05) is 13.0 Å². The van der Waals surface area contributed by atoms with Crippen LogP contribution < -0.4 is 9.47 Å².